The highest BCUT2D eigenvalue weighted by molar-refractivity contribution is 7.86. The molecule has 2 aromatic carbocycles. The molecule has 9 heteroatoms. The summed E-state index contributed by atoms with van der Waals surface area (Å²) in [6.45, 7) is 3.15. The molecule has 0 bridgehead atoms. The first-order valence-corrected chi connectivity index (χ1v) is 19.0. The first kappa shape index (κ1) is 37.7. The minimum absolute atomic E-state index is 0.0432. The van der Waals surface area contributed by atoms with Gasteiger partial charge < -0.3 is 9.29 Å². The van der Waals surface area contributed by atoms with Crippen molar-refractivity contribution in [2.45, 2.75) is 120 Å². The molecule has 0 radical (unpaired) electrons. The molecule has 0 aliphatic carbocycles. The Bertz CT molecular complexity index is 984. The fraction of sp³-hybridized carbons (Fsp3) is 0.625. The first-order chi connectivity index (χ1) is 19.6. The first-order valence-electron chi connectivity index (χ1n) is 15.0. The molecule has 4 nitrogen and oxygen atoms in total. The van der Waals surface area contributed by atoms with Crippen LogP contribution in [0, 0.1) is 3.57 Å². The van der Waals surface area contributed by atoms with E-state index in [-0.39, 0.29) is 21.2 Å². The standard InChI is InChI=1S/C31H48IO.CHF3O3S/c1-2-3-4-5-6-7-8-9-10-11-12-13-14-15-16-20-27-33-31-25-23-30(24-26-31)32-28-29-21-18-17-19-22-29;2-1(3,4)8(5,6)7/h17-19,21-26H,2-16,20,27-28H2,1H3;(H,5,6,7)/q+1;/p-1. The van der Waals surface area contributed by atoms with E-state index in [1.807, 2.05) is 0 Å². The maximum atomic E-state index is 10.7. The van der Waals surface area contributed by atoms with Gasteiger partial charge in [-0.25, -0.2) is 8.42 Å². The molecule has 0 saturated heterocycles. The predicted octanol–water partition coefficient (Wildman–Crippen LogP) is 6.84. The quantitative estimate of drug-likeness (QED) is 0.0468. The summed E-state index contributed by atoms with van der Waals surface area (Å²) in [6.07, 6.45) is 22.6. The summed E-state index contributed by atoms with van der Waals surface area (Å²) < 4.78 is 67.6. The van der Waals surface area contributed by atoms with Crippen molar-refractivity contribution in [3.63, 3.8) is 0 Å². The Morgan fingerprint density at radius 1 is 0.683 bits per heavy atom. The van der Waals surface area contributed by atoms with Crippen molar-refractivity contribution in [3.05, 3.63) is 63.7 Å². The van der Waals surface area contributed by atoms with Crippen molar-refractivity contribution in [2.75, 3.05) is 6.61 Å². The topological polar surface area (TPSA) is 66.4 Å². The molecule has 0 aromatic heterocycles. The molecule has 2 rings (SSSR count). The van der Waals surface area contributed by atoms with Gasteiger partial charge in [-0.15, -0.1) is 0 Å². The molecule has 0 aliphatic heterocycles. The molecule has 0 unspecified atom stereocenters. The van der Waals surface area contributed by atoms with Crippen LogP contribution in [0.1, 0.15) is 115 Å². The van der Waals surface area contributed by atoms with E-state index in [1.165, 1.54) is 116 Å². The van der Waals surface area contributed by atoms with E-state index in [2.05, 4.69) is 61.5 Å². The number of rotatable bonds is 21. The van der Waals surface area contributed by atoms with Gasteiger partial charge in [-0.05, 0) is 36.2 Å². The van der Waals surface area contributed by atoms with Crippen LogP contribution in [-0.4, -0.2) is 25.1 Å². The Labute approximate surface area is 256 Å². The molecule has 0 fully saturated rings. The number of ether oxygens (including phenoxy) is 1. The minimum atomic E-state index is -6.09. The van der Waals surface area contributed by atoms with Crippen LogP contribution in [0.15, 0.2) is 54.6 Å². The van der Waals surface area contributed by atoms with Crippen LogP contribution in [0.4, 0.5) is 13.2 Å². The minimum Gasteiger partial charge on any atom is -0.741 e. The number of hydrogen-bond acceptors (Lipinski definition) is 4. The normalized spacial score (nSPS) is 11.6. The Morgan fingerprint density at radius 3 is 1.51 bits per heavy atom. The van der Waals surface area contributed by atoms with Gasteiger partial charge in [-0.1, -0.05) is 134 Å². The van der Waals surface area contributed by atoms with Crippen molar-refractivity contribution in [1.82, 2.24) is 0 Å². The summed E-state index contributed by atoms with van der Waals surface area (Å²) in [4.78, 5) is 0. The van der Waals surface area contributed by atoms with Gasteiger partial charge in [-0.2, -0.15) is 13.2 Å². The van der Waals surface area contributed by atoms with E-state index in [1.54, 1.807) is 0 Å². The molecule has 0 saturated carbocycles. The van der Waals surface area contributed by atoms with Gasteiger partial charge in [0, 0.05) is 0 Å². The average Bonchev–Trinajstić information content (AvgIpc) is 2.94. The van der Waals surface area contributed by atoms with E-state index in [4.69, 9.17) is 17.7 Å². The Balaban J connectivity index is 0.000000915. The number of hydrogen-bond donors (Lipinski definition) is 0. The predicted molar refractivity (Wildman–Crippen MR) is 156 cm³/mol. The number of alkyl halides is 4. The Morgan fingerprint density at radius 2 is 1.10 bits per heavy atom. The largest absolute Gasteiger partial charge is 0.741 e. The van der Waals surface area contributed by atoms with Crippen LogP contribution in [0.5, 0.6) is 5.75 Å². The zero-order valence-electron chi connectivity index (χ0n) is 24.5. The Hall–Kier alpha value is -1.33. The van der Waals surface area contributed by atoms with E-state index in [0.717, 1.165) is 12.4 Å². The summed E-state index contributed by atoms with van der Waals surface area (Å²) in [5, 5.41) is 0. The fourth-order valence-corrected chi connectivity index (χ4v) is 6.44. The van der Waals surface area contributed by atoms with Gasteiger partial charge in [0.05, 0.1) is 6.61 Å². The zero-order valence-corrected chi connectivity index (χ0v) is 27.5. The molecule has 0 aliphatic rings. The van der Waals surface area contributed by atoms with Crippen molar-refractivity contribution in [2.24, 2.45) is 0 Å². The molecule has 0 atom stereocenters. The van der Waals surface area contributed by atoms with Gasteiger partial charge in [0.2, 0.25) is 0 Å². The number of unbranched alkanes of at least 4 members (excludes halogenated alkanes) is 15. The second-order valence-corrected chi connectivity index (χ2v) is 14.4. The molecule has 0 spiro atoms. The second-order valence-electron chi connectivity index (χ2n) is 10.3. The average molecular weight is 713 g/mol. The van der Waals surface area contributed by atoms with Gasteiger partial charge in [0.25, 0.3) is 0 Å². The lowest BCUT2D eigenvalue weighted by Crippen LogP contribution is -3.61. The molecule has 0 N–H and O–H groups in total. The molecule has 41 heavy (non-hydrogen) atoms. The summed E-state index contributed by atoms with van der Waals surface area (Å²) in [7, 11) is -6.09. The van der Waals surface area contributed by atoms with Gasteiger partial charge in [-0.3, -0.25) is 0 Å². The van der Waals surface area contributed by atoms with Crippen LogP contribution in [0.25, 0.3) is 0 Å². The summed E-state index contributed by atoms with van der Waals surface area (Å²) in [5.74, 6) is 1.03. The van der Waals surface area contributed by atoms with Crippen molar-refractivity contribution < 1.29 is 52.1 Å². The Kier molecular flexibility index (Phi) is 21.3. The van der Waals surface area contributed by atoms with Crippen LogP contribution in [-0.2, 0) is 14.5 Å². The zero-order chi connectivity index (χ0) is 30.2. The molecule has 0 heterocycles. The molecule has 234 valence electrons. The third kappa shape index (κ3) is 21.1. The van der Waals surface area contributed by atoms with Gasteiger partial charge in [0.15, 0.2) is 18.1 Å². The fourth-order valence-electron chi connectivity index (χ4n) is 4.18. The highest BCUT2D eigenvalue weighted by Crippen LogP contribution is 2.20. The third-order valence-electron chi connectivity index (χ3n) is 6.58. The van der Waals surface area contributed by atoms with E-state index in [0.29, 0.717) is 0 Å². The van der Waals surface area contributed by atoms with E-state index < -0.39 is 15.6 Å². The summed E-state index contributed by atoms with van der Waals surface area (Å²) in [6, 6.07) is 19.7. The number of halogens is 4. The smallest absolute Gasteiger partial charge is 0.485 e. The summed E-state index contributed by atoms with van der Waals surface area (Å²) in [5.41, 5.74) is -4.19. The van der Waals surface area contributed by atoms with E-state index in [9.17, 15) is 13.2 Å². The monoisotopic (exact) mass is 712 g/mol. The lowest BCUT2D eigenvalue weighted by molar-refractivity contribution is -0.643. The molecule has 2 aromatic rings. The van der Waals surface area contributed by atoms with Crippen LogP contribution in [0.2, 0.25) is 0 Å². The van der Waals surface area contributed by atoms with Crippen molar-refractivity contribution >= 4 is 10.1 Å². The van der Waals surface area contributed by atoms with Gasteiger partial charge in [0.1, 0.15) is 5.75 Å². The maximum Gasteiger partial charge on any atom is 0.485 e. The maximum absolute atomic E-state index is 10.7. The molecular formula is C32H48F3IO4S. The van der Waals surface area contributed by atoms with Crippen LogP contribution >= 0.6 is 0 Å². The van der Waals surface area contributed by atoms with Gasteiger partial charge >= 0.3 is 26.7 Å². The van der Waals surface area contributed by atoms with Crippen LogP contribution < -0.4 is 25.9 Å². The van der Waals surface area contributed by atoms with Crippen molar-refractivity contribution in [3.8, 4) is 5.75 Å². The molecule has 0 amide bonds. The highest BCUT2D eigenvalue weighted by atomic mass is 127. The van der Waals surface area contributed by atoms with Crippen molar-refractivity contribution in [1.29, 1.82) is 0 Å². The van der Waals surface area contributed by atoms with Crippen LogP contribution in [0.3, 0.4) is 0 Å². The molecular weight excluding hydrogens is 664 g/mol. The number of benzene rings is 2. The lowest BCUT2D eigenvalue weighted by atomic mass is 10.0. The summed E-state index contributed by atoms with van der Waals surface area (Å²) >= 11 is 0.0432. The second kappa shape index (κ2) is 23.2. The lowest BCUT2D eigenvalue weighted by Gasteiger charge is -2.08. The van der Waals surface area contributed by atoms with E-state index >= 15 is 0 Å². The highest BCUT2D eigenvalue weighted by Gasteiger charge is 2.36. The SMILES string of the molecule is CCCCCCCCCCCCCCCCCCOc1ccc([I+]Cc2ccccc2)cc1.O=S(=O)([O-])C(F)(F)F. The third-order valence-corrected chi connectivity index (χ3v) is 10.0.